The van der Waals surface area contributed by atoms with Crippen LogP contribution in [0.5, 0.6) is 0 Å². The van der Waals surface area contributed by atoms with Crippen molar-refractivity contribution >= 4 is 16.9 Å². The van der Waals surface area contributed by atoms with E-state index >= 15 is 0 Å². The molecule has 0 saturated carbocycles. The number of esters is 1. The van der Waals surface area contributed by atoms with Gasteiger partial charge in [0.05, 0.1) is 12.1 Å². The minimum atomic E-state index is -0.370. The Balaban J connectivity index is 2.46. The van der Waals surface area contributed by atoms with Gasteiger partial charge in [0.1, 0.15) is 5.69 Å². The zero-order valence-electron chi connectivity index (χ0n) is 9.36. The van der Waals surface area contributed by atoms with Gasteiger partial charge in [-0.05, 0) is 31.5 Å². The molecule has 82 valence electrons. The highest BCUT2D eigenvalue weighted by atomic mass is 16.5. The number of benzene rings is 1. The lowest BCUT2D eigenvalue weighted by Gasteiger charge is -2.03. The maximum Gasteiger partial charge on any atom is 0.356 e. The number of carbonyl (C=O) groups excluding carboxylic acids is 1. The van der Waals surface area contributed by atoms with Gasteiger partial charge in [0.15, 0.2) is 0 Å². The number of ether oxygens (including phenoxy) is 1. The van der Waals surface area contributed by atoms with Crippen LogP contribution in [-0.4, -0.2) is 17.6 Å². The Kier molecular flexibility index (Phi) is 2.86. The van der Waals surface area contributed by atoms with Gasteiger partial charge in [-0.1, -0.05) is 18.2 Å². The zero-order chi connectivity index (χ0) is 11.5. The minimum Gasteiger partial charge on any atom is -0.461 e. The van der Waals surface area contributed by atoms with Crippen molar-refractivity contribution in [2.75, 3.05) is 6.61 Å². The van der Waals surface area contributed by atoms with E-state index in [-0.39, 0.29) is 5.97 Å². The first-order valence-corrected chi connectivity index (χ1v) is 5.25. The van der Waals surface area contributed by atoms with Gasteiger partial charge in [0, 0.05) is 5.39 Å². The molecule has 0 amide bonds. The molecule has 1 heterocycles. The molecule has 2 aromatic rings. The fourth-order valence-electron chi connectivity index (χ4n) is 1.55. The van der Waals surface area contributed by atoms with Crippen molar-refractivity contribution in [3.05, 3.63) is 41.6 Å². The van der Waals surface area contributed by atoms with Crippen molar-refractivity contribution in [2.45, 2.75) is 13.8 Å². The van der Waals surface area contributed by atoms with Crippen LogP contribution >= 0.6 is 0 Å². The molecule has 0 radical (unpaired) electrons. The first-order chi connectivity index (χ1) is 7.70. The van der Waals surface area contributed by atoms with Crippen LogP contribution < -0.4 is 0 Å². The van der Waals surface area contributed by atoms with Gasteiger partial charge in [-0.15, -0.1) is 0 Å². The molecule has 0 spiro atoms. The number of aromatic nitrogens is 1. The molecule has 3 nitrogen and oxygen atoms in total. The summed E-state index contributed by atoms with van der Waals surface area (Å²) in [4.78, 5) is 15.8. The highest BCUT2D eigenvalue weighted by Gasteiger charge is 2.08. The third-order valence-corrected chi connectivity index (χ3v) is 2.33. The molecular weight excluding hydrogens is 202 g/mol. The summed E-state index contributed by atoms with van der Waals surface area (Å²) in [7, 11) is 0. The molecule has 0 bridgehead atoms. The van der Waals surface area contributed by atoms with Gasteiger partial charge in [0.2, 0.25) is 0 Å². The Morgan fingerprint density at radius 3 is 2.81 bits per heavy atom. The number of hydrogen-bond acceptors (Lipinski definition) is 3. The Bertz CT molecular complexity index is 534. The maximum absolute atomic E-state index is 11.5. The lowest BCUT2D eigenvalue weighted by atomic mass is 10.1. The van der Waals surface area contributed by atoms with Crippen molar-refractivity contribution in [3.8, 4) is 0 Å². The molecule has 0 aliphatic rings. The smallest absolute Gasteiger partial charge is 0.356 e. The molecule has 16 heavy (non-hydrogen) atoms. The van der Waals surface area contributed by atoms with Crippen molar-refractivity contribution in [2.24, 2.45) is 0 Å². The van der Waals surface area contributed by atoms with E-state index in [2.05, 4.69) is 4.98 Å². The fraction of sp³-hybridized carbons (Fsp3) is 0.231. The van der Waals surface area contributed by atoms with Crippen molar-refractivity contribution in [3.63, 3.8) is 0 Å². The highest BCUT2D eigenvalue weighted by Crippen LogP contribution is 2.14. The largest absolute Gasteiger partial charge is 0.461 e. The number of aryl methyl sites for hydroxylation is 1. The quantitative estimate of drug-likeness (QED) is 0.723. The molecule has 0 aliphatic carbocycles. The summed E-state index contributed by atoms with van der Waals surface area (Å²) in [5, 5.41) is 1.03. The van der Waals surface area contributed by atoms with Crippen LogP contribution in [-0.2, 0) is 4.74 Å². The second-order valence-electron chi connectivity index (χ2n) is 3.61. The average molecular weight is 215 g/mol. The number of hydrogen-bond donors (Lipinski definition) is 0. The van der Waals surface area contributed by atoms with E-state index in [0.717, 1.165) is 16.5 Å². The summed E-state index contributed by atoms with van der Waals surface area (Å²) in [6.07, 6.45) is 0. The topological polar surface area (TPSA) is 39.2 Å². The summed E-state index contributed by atoms with van der Waals surface area (Å²) in [5.41, 5.74) is 2.31. The van der Waals surface area contributed by atoms with Gasteiger partial charge in [-0.25, -0.2) is 9.78 Å². The molecule has 3 heteroatoms. The lowest BCUT2D eigenvalue weighted by molar-refractivity contribution is 0.0520. The van der Waals surface area contributed by atoms with Crippen molar-refractivity contribution in [1.82, 2.24) is 4.98 Å². The summed E-state index contributed by atoms with van der Waals surface area (Å²) in [6.45, 7) is 4.15. The number of fused-ring (bicyclic) bond motifs is 1. The first kappa shape index (κ1) is 10.6. The molecule has 0 atom stereocenters. The molecular formula is C13H13NO2. The molecule has 2 rings (SSSR count). The van der Waals surface area contributed by atoms with Crippen molar-refractivity contribution < 1.29 is 9.53 Å². The second-order valence-corrected chi connectivity index (χ2v) is 3.61. The van der Waals surface area contributed by atoms with E-state index in [1.54, 1.807) is 13.0 Å². The van der Waals surface area contributed by atoms with Crippen LogP contribution in [0, 0.1) is 6.92 Å². The molecule has 1 aromatic carbocycles. The number of nitrogens with zero attached hydrogens (tertiary/aromatic N) is 1. The van der Waals surface area contributed by atoms with E-state index in [0.29, 0.717) is 12.3 Å². The third kappa shape index (κ3) is 2.03. The number of carbonyl (C=O) groups is 1. The summed E-state index contributed by atoms with van der Waals surface area (Å²) in [6, 6.07) is 9.54. The van der Waals surface area contributed by atoms with E-state index < -0.39 is 0 Å². The third-order valence-electron chi connectivity index (χ3n) is 2.33. The lowest BCUT2D eigenvalue weighted by Crippen LogP contribution is -2.06. The van der Waals surface area contributed by atoms with Crippen molar-refractivity contribution in [1.29, 1.82) is 0 Å². The Morgan fingerprint density at radius 2 is 2.06 bits per heavy atom. The summed E-state index contributed by atoms with van der Waals surface area (Å²) in [5.74, 6) is -0.370. The average Bonchev–Trinajstić information content (AvgIpc) is 2.28. The predicted octanol–water partition coefficient (Wildman–Crippen LogP) is 2.72. The molecule has 0 aliphatic heterocycles. The SMILES string of the molecule is CCOC(=O)c1ccc2ccc(C)cc2n1. The van der Waals surface area contributed by atoms with Gasteiger partial charge in [-0.2, -0.15) is 0 Å². The summed E-state index contributed by atoms with van der Waals surface area (Å²) < 4.78 is 4.91. The first-order valence-electron chi connectivity index (χ1n) is 5.25. The van der Waals surface area contributed by atoms with Crippen LogP contribution in [0.4, 0.5) is 0 Å². The van der Waals surface area contributed by atoms with Crippen LogP contribution in [0.3, 0.4) is 0 Å². The molecule has 0 N–H and O–H groups in total. The Labute approximate surface area is 94.1 Å². The highest BCUT2D eigenvalue weighted by molar-refractivity contribution is 5.91. The van der Waals surface area contributed by atoms with Crippen LogP contribution in [0.1, 0.15) is 23.0 Å². The van der Waals surface area contributed by atoms with Gasteiger partial charge in [-0.3, -0.25) is 0 Å². The van der Waals surface area contributed by atoms with Gasteiger partial charge >= 0.3 is 5.97 Å². The van der Waals surface area contributed by atoms with E-state index in [1.165, 1.54) is 0 Å². The maximum atomic E-state index is 11.5. The predicted molar refractivity (Wildman–Crippen MR) is 62.4 cm³/mol. The molecule has 0 fully saturated rings. The number of pyridine rings is 1. The summed E-state index contributed by atoms with van der Waals surface area (Å²) >= 11 is 0. The van der Waals surface area contributed by atoms with Gasteiger partial charge in [0.25, 0.3) is 0 Å². The van der Waals surface area contributed by atoms with E-state index in [4.69, 9.17) is 4.74 Å². The Morgan fingerprint density at radius 1 is 1.31 bits per heavy atom. The van der Waals surface area contributed by atoms with E-state index in [1.807, 2.05) is 31.2 Å². The number of rotatable bonds is 2. The molecule has 1 aromatic heterocycles. The fourth-order valence-corrected chi connectivity index (χ4v) is 1.55. The van der Waals surface area contributed by atoms with E-state index in [9.17, 15) is 4.79 Å². The van der Waals surface area contributed by atoms with Crippen LogP contribution in [0.2, 0.25) is 0 Å². The van der Waals surface area contributed by atoms with Crippen LogP contribution in [0.25, 0.3) is 10.9 Å². The van der Waals surface area contributed by atoms with Gasteiger partial charge < -0.3 is 4.74 Å². The second kappa shape index (κ2) is 4.31. The van der Waals surface area contributed by atoms with Crippen LogP contribution in [0.15, 0.2) is 30.3 Å². The Hall–Kier alpha value is -1.90. The normalized spacial score (nSPS) is 10.4. The monoisotopic (exact) mass is 215 g/mol. The minimum absolute atomic E-state index is 0.361. The standard InChI is InChI=1S/C13H13NO2/c1-3-16-13(15)11-7-6-10-5-4-9(2)8-12(10)14-11/h4-8H,3H2,1-2H3. The zero-order valence-corrected chi connectivity index (χ0v) is 9.36. The molecule has 0 saturated heterocycles. The molecule has 0 unspecified atom stereocenters.